The van der Waals surface area contributed by atoms with Gasteiger partial charge in [-0.15, -0.1) is 0 Å². The summed E-state index contributed by atoms with van der Waals surface area (Å²) in [5, 5.41) is 4.57. The Morgan fingerprint density at radius 3 is 3.05 bits per heavy atom. The van der Waals surface area contributed by atoms with Crippen molar-refractivity contribution in [3.05, 3.63) is 36.1 Å². The van der Waals surface area contributed by atoms with Crippen molar-refractivity contribution >= 4 is 16.9 Å². The molecule has 21 heavy (non-hydrogen) atoms. The Kier molecular flexibility index (Phi) is 4.13. The maximum Gasteiger partial charge on any atom is 0.194 e. The van der Waals surface area contributed by atoms with Crippen LogP contribution in [0.25, 0.3) is 11.0 Å². The second-order valence-corrected chi connectivity index (χ2v) is 5.84. The minimum absolute atomic E-state index is 0.673. The highest BCUT2D eigenvalue weighted by Gasteiger charge is 2.19. The summed E-state index contributed by atoms with van der Waals surface area (Å²) in [4.78, 5) is 6.75. The van der Waals surface area contributed by atoms with Gasteiger partial charge >= 0.3 is 0 Å². The highest BCUT2D eigenvalue weighted by molar-refractivity contribution is 5.80. The van der Waals surface area contributed by atoms with E-state index in [4.69, 9.17) is 4.42 Å². The Hall–Kier alpha value is -1.97. The molecule has 1 aliphatic heterocycles. The number of aliphatic imine (C=N–C) groups is 1. The number of furan rings is 1. The molecular weight excluding hydrogens is 262 g/mol. The second kappa shape index (κ2) is 6.20. The molecule has 0 bridgehead atoms. The summed E-state index contributed by atoms with van der Waals surface area (Å²) in [6, 6.07) is 10.2. The summed E-state index contributed by atoms with van der Waals surface area (Å²) in [6.45, 7) is 5.15. The summed E-state index contributed by atoms with van der Waals surface area (Å²) < 4.78 is 5.84. The Balaban J connectivity index is 1.65. The first kappa shape index (κ1) is 14.0. The Labute approximate surface area is 125 Å². The molecule has 3 rings (SSSR count). The fourth-order valence-corrected chi connectivity index (χ4v) is 3.00. The van der Waals surface area contributed by atoms with Gasteiger partial charge in [0.05, 0.1) is 6.54 Å². The molecule has 2 heterocycles. The molecule has 4 heteroatoms. The minimum Gasteiger partial charge on any atom is -0.459 e. The first-order valence-electron chi connectivity index (χ1n) is 7.69. The minimum atomic E-state index is 0.673. The number of fused-ring (bicyclic) bond motifs is 1. The van der Waals surface area contributed by atoms with Crippen LogP contribution in [0.2, 0.25) is 0 Å². The average molecular weight is 285 g/mol. The molecular formula is C17H23N3O. The molecule has 1 unspecified atom stereocenters. The normalized spacial score (nSPS) is 20.0. The van der Waals surface area contributed by atoms with Crippen molar-refractivity contribution in [3.8, 4) is 0 Å². The standard InChI is InChI=1S/C17H23N3O/c1-13-6-5-9-20(12-13)17(18-2)19-11-15-10-14-7-3-4-8-16(14)21-15/h3-4,7-8,10,13H,5-6,9,11-12H2,1-2H3,(H,18,19). The number of benzene rings is 1. The molecule has 0 radical (unpaired) electrons. The van der Waals surface area contributed by atoms with Crippen LogP contribution in [0.1, 0.15) is 25.5 Å². The second-order valence-electron chi connectivity index (χ2n) is 5.84. The molecule has 1 aliphatic rings. The van der Waals surface area contributed by atoms with Crippen molar-refractivity contribution in [3.63, 3.8) is 0 Å². The molecule has 1 aromatic heterocycles. The van der Waals surface area contributed by atoms with Crippen LogP contribution >= 0.6 is 0 Å². The lowest BCUT2D eigenvalue weighted by atomic mass is 10.0. The SMILES string of the molecule is CN=C(NCc1cc2ccccc2o1)N1CCCC(C)C1. The van der Waals surface area contributed by atoms with Crippen LogP contribution in [-0.4, -0.2) is 31.0 Å². The van der Waals surface area contributed by atoms with E-state index in [9.17, 15) is 0 Å². The lowest BCUT2D eigenvalue weighted by molar-refractivity contribution is 0.265. The summed E-state index contributed by atoms with van der Waals surface area (Å²) in [7, 11) is 1.85. The van der Waals surface area contributed by atoms with Gasteiger partial charge in [0, 0.05) is 25.5 Å². The molecule has 1 saturated heterocycles. The number of para-hydroxylation sites is 1. The summed E-state index contributed by atoms with van der Waals surface area (Å²) in [6.07, 6.45) is 2.56. The predicted molar refractivity (Wildman–Crippen MR) is 86.4 cm³/mol. The van der Waals surface area contributed by atoms with Crippen molar-refractivity contribution < 1.29 is 4.42 Å². The van der Waals surface area contributed by atoms with Crippen molar-refractivity contribution in [2.24, 2.45) is 10.9 Å². The van der Waals surface area contributed by atoms with Gasteiger partial charge in [-0.25, -0.2) is 0 Å². The Morgan fingerprint density at radius 2 is 2.29 bits per heavy atom. The van der Waals surface area contributed by atoms with Gasteiger partial charge in [0.1, 0.15) is 11.3 Å². The smallest absolute Gasteiger partial charge is 0.194 e. The average Bonchev–Trinajstić information content (AvgIpc) is 2.91. The van der Waals surface area contributed by atoms with Crippen LogP contribution in [0, 0.1) is 5.92 Å². The molecule has 2 aromatic rings. The molecule has 1 aromatic carbocycles. The number of rotatable bonds is 2. The van der Waals surface area contributed by atoms with Gasteiger partial charge < -0.3 is 14.6 Å². The molecule has 0 aliphatic carbocycles. The predicted octanol–water partition coefficient (Wildman–Crippen LogP) is 3.24. The van der Waals surface area contributed by atoms with E-state index in [-0.39, 0.29) is 0 Å². The zero-order valence-corrected chi connectivity index (χ0v) is 12.8. The molecule has 1 N–H and O–H groups in total. The first-order chi connectivity index (χ1) is 10.3. The fourth-order valence-electron chi connectivity index (χ4n) is 3.00. The largest absolute Gasteiger partial charge is 0.459 e. The Morgan fingerprint density at radius 1 is 1.43 bits per heavy atom. The zero-order valence-electron chi connectivity index (χ0n) is 12.8. The van der Waals surface area contributed by atoms with E-state index in [1.165, 1.54) is 12.8 Å². The van der Waals surface area contributed by atoms with E-state index < -0.39 is 0 Å². The number of guanidine groups is 1. The number of piperidine rings is 1. The first-order valence-corrected chi connectivity index (χ1v) is 7.69. The summed E-state index contributed by atoms with van der Waals surface area (Å²) in [5.74, 6) is 2.66. The van der Waals surface area contributed by atoms with Crippen molar-refractivity contribution in [1.29, 1.82) is 0 Å². The van der Waals surface area contributed by atoms with Crippen LogP contribution in [0.3, 0.4) is 0 Å². The molecule has 0 amide bonds. The van der Waals surface area contributed by atoms with Crippen LogP contribution in [0.15, 0.2) is 39.7 Å². The maximum atomic E-state index is 5.84. The van der Waals surface area contributed by atoms with Gasteiger partial charge in [-0.1, -0.05) is 25.1 Å². The van der Waals surface area contributed by atoms with Crippen LogP contribution < -0.4 is 5.32 Å². The van der Waals surface area contributed by atoms with Gasteiger partial charge in [0.15, 0.2) is 5.96 Å². The fraction of sp³-hybridized carbons (Fsp3) is 0.471. The molecule has 0 saturated carbocycles. The third-order valence-corrected chi connectivity index (χ3v) is 4.07. The molecule has 1 fully saturated rings. The Bertz CT molecular complexity index is 599. The van der Waals surface area contributed by atoms with Gasteiger partial charge in [0.2, 0.25) is 0 Å². The van der Waals surface area contributed by atoms with E-state index >= 15 is 0 Å². The number of hydrogen-bond donors (Lipinski definition) is 1. The van der Waals surface area contributed by atoms with E-state index in [1.54, 1.807) is 0 Å². The third-order valence-electron chi connectivity index (χ3n) is 4.07. The molecule has 1 atom stereocenters. The number of likely N-dealkylation sites (tertiary alicyclic amines) is 1. The van der Waals surface area contributed by atoms with E-state index in [0.717, 1.165) is 41.7 Å². The van der Waals surface area contributed by atoms with E-state index in [1.807, 2.05) is 25.2 Å². The lowest BCUT2D eigenvalue weighted by Gasteiger charge is -2.33. The monoisotopic (exact) mass is 285 g/mol. The topological polar surface area (TPSA) is 40.8 Å². The van der Waals surface area contributed by atoms with Crippen LogP contribution in [-0.2, 0) is 6.54 Å². The highest BCUT2D eigenvalue weighted by atomic mass is 16.3. The molecule has 0 spiro atoms. The van der Waals surface area contributed by atoms with Gasteiger partial charge in [-0.3, -0.25) is 4.99 Å². The van der Waals surface area contributed by atoms with Crippen LogP contribution in [0.4, 0.5) is 0 Å². The van der Waals surface area contributed by atoms with Crippen molar-refractivity contribution in [1.82, 2.24) is 10.2 Å². The third kappa shape index (κ3) is 3.20. The number of hydrogen-bond acceptors (Lipinski definition) is 2. The van der Waals surface area contributed by atoms with Gasteiger partial charge in [-0.05, 0) is 30.9 Å². The molecule has 4 nitrogen and oxygen atoms in total. The summed E-state index contributed by atoms with van der Waals surface area (Å²) in [5.41, 5.74) is 0.941. The van der Waals surface area contributed by atoms with E-state index in [2.05, 4.69) is 34.3 Å². The molecule has 112 valence electrons. The van der Waals surface area contributed by atoms with Gasteiger partial charge in [-0.2, -0.15) is 0 Å². The lowest BCUT2D eigenvalue weighted by Crippen LogP contribution is -2.45. The number of nitrogens with zero attached hydrogens (tertiary/aromatic N) is 2. The number of nitrogens with one attached hydrogen (secondary N) is 1. The zero-order chi connectivity index (χ0) is 14.7. The van der Waals surface area contributed by atoms with E-state index in [0.29, 0.717) is 6.54 Å². The van der Waals surface area contributed by atoms with Crippen molar-refractivity contribution in [2.45, 2.75) is 26.3 Å². The quantitative estimate of drug-likeness (QED) is 0.680. The summed E-state index contributed by atoms with van der Waals surface area (Å²) >= 11 is 0. The highest BCUT2D eigenvalue weighted by Crippen LogP contribution is 2.19. The maximum absolute atomic E-state index is 5.84. The van der Waals surface area contributed by atoms with Crippen molar-refractivity contribution in [2.75, 3.05) is 20.1 Å². The van der Waals surface area contributed by atoms with Crippen LogP contribution in [0.5, 0.6) is 0 Å². The van der Waals surface area contributed by atoms with Gasteiger partial charge in [0.25, 0.3) is 0 Å².